The summed E-state index contributed by atoms with van der Waals surface area (Å²) in [6.07, 6.45) is 1.39. The largest absolute Gasteiger partial charge is 0.483 e. The van der Waals surface area contributed by atoms with Crippen molar-refractivity contribution in [3.8, 4) is 5.75 Å². The van der Waals surface area contributed by atoms with Crippen molar-refractivity contribution in [3.05, 3.63) is 27.1 Å². The Balaban J connectivity index is 1.79. The normalized spacial score (nSPS) is 21.2. The van der Waals surface area contributed by atoms with Gasteiger partial charge < -0.3 is 14.7 Å². The second kappa shape index (κ2) is 6.91. The number of halogens is 2. The number of aliphatic hydroxyl groups excluding tert-OH is 1. The fourth-order valence-electron chi connectivity index (χ4n) is 2.18. The maximum atomic E-state index is 12.0. The number of hydrogen-bond donors (Lipinski definition) is 1. The number of rotatable bonds is 5. The first kappa shape index (κ1) is 15.8. The molecule has 1 amide bonds. The number of nitrogens with zero attached hydrogens (tertiary/aromatic N) is 1. The SMILES string of the molecule is CN(CC1CC(O)C1)C(=O)COc1ccc(Br)cc1Br. The average Bonchev–Trinajstić information content (AvgIpc) is 2.35. The lowest BCUT2D eigenvalue weighted by Crippen LogP contribution is -2.41. The third kappa shape index (κ3) is 4.20. The second-order valence-corrected chi connectivity index (χ2v) is 6.90. The summed E-state index contributed by atoms with van der Waals surface area (Å²) in [5.41, 5.74) is 0. The van der Waals surface area contributed by atoms with Crippen LogP contribution in [-0.4, -0.2) is 42.2 Å². The number of aliphatic hydroxyl groups is 1. The highest BCUT2D eigenvalue weighted by Gasteiger charge is 2.29. The molecule has 1 aliphatic carbocycles. The molecule has 1 aromatic carbocycles. The van der Waals surface area contributed by atoms with E-state index in [4.69, 9.17) is 4.74 Å². The van der Waals surface area contributed by atoms with E-state index in [9.17, 15) is 9.90 Å². The fourth-order valence-corrected chi connectivity index (χ4v) is 3.34. The molecule has 0 radical (unpaired) electrons. The molecular weight excluding hydrogens is 390 g/mol. The summed E-state index contributed by atoms with van der Waals surface area (Å²) in [6.45, 7) is 0.701. The Morgan fingerprint density at radius 3 is 2.75 bits per heavy atom. The van der Waals surface area contributed by atoms with Gasteiger partial charge in [0.1, 0.15) is 5.75 Å². The van der Waals surface area contributed by atoms with E-state index in [2.05, 4.69) is 31.9 Å². The second-order valence-electron chi connectivity index (χ2n) is 5.13. The van der Waals surface area contributed by atoms with E-state index in [1.54, 1.807) is 11.9 Å². The van der Waals surface area contributed by atoms with Gasteiger partial charge in [-0.05, 0) is 52.9 Å². The predicted molar refractivity (Wildman–Crippen MR) is 83.7 cm³/mol. The Bertz CT molecular complexity index is 489. The van der Waals surface area contributed by atoms with E-state index in [1.807, 2.05) is 18.2 Å². The lowest BCUT2D eigenvalue weighted by atomic mass is 9.82. The van der Waals surface area contributed by atoms with Crippen LogP contribution in [0.15, 0.2) is 27.1 Å². The van der Waals surface area contributed by atoms with E-state index in [-0.39, 0.29) is 18.6 Å². The molecule has 0 unspecified atom stereocenters. The molecule has 2 rings (SSSR count). The highest BCUT2D eigenvalue weighted by atomic mass is 79.9. The first-order chi connectivity index (χ1) is 9.45. The molecule has 0 bridgehead atoms. The van der Waals surface area contributed by atoms with Crippen molar-refractivity contribution in [1.82, 2.24) is 4.90 Å². The zero-order valence-corrected chi connectivity index (χ0v) is 14.4. The summed E-state index contributed by atoms with van der Waals surface area (Å²) in [5, 5.41) is 9.24. The van der Waals surface area contributed by atoms with Gasteiger partial charge in [0.15, 0.2) is 6.61 Å². The average molecular weight is 407 g/mol. The number of hydrogen-bond acceptors (Lipinski definition) is 3. The Morgan fingerprint density at radius 1 is 1.45 bits per heavy atom. The first-order valence-electron chi connectivity index (χ1n) is 6.45. The van der Waals surface area contributed by atoms with E-state index in [0.717, 1.165) is 21.8 Å². The molecule has 1 fully saturated rings. The number of likely N-dealkylation sites (N-methyl/N-ethyl adjacent to an activating group) is 1. The van der Waals surface area contributed by atoms with Gasteiger partial charge >= 0.3 is 0 Å². The van der Waals surface area contributed by atoms with E-state index in [1.165, 1.54) is 0 Å². The molecular formula is C14H17Br2NO3. The lowest BCUT2D eigenvalue weighted by molar-refractivity contribution is -0.133. The van der Waals surface area contributed by atoms with Crippen molar-refractivity contribution in [3.63, 3.8) is 0 Å². The van der Waals surface area contributed by atoms with Crippen molar-refractivity contribution in [2.75, 3.05) is 20.2 Å². The number of amides is 1. The number of carbonyl (C=O) groups is 1. The third-order valence-electron chi connectivity index (χ3n) is 3.41. The van der Waals surface area contributed by atoms with Crippen LogP contribution in [0.2, 0.25) is 0 Å². The summed E-state index contributed by atoms with van der Waals surface area (Å²) in [6, 6.07) is 5.55. The molecule has 110 valence electrons. The van der Waals surface area contributed by atoms with Crippen LogP contribution < -0.4 is 4.74 Å². The molecule has 6 heteroatoms. The Hall–Kier alpha value is -0.590. The van der Waals surface area contributed by atoms with Crippen LogP contribution in [-0.2, 0) is 4.79 Å². The molecule has 0 aliphatic heterocycles. The van der Waals surface area contributed by atoms with Gasteiger partial charge in [0, 0.05) is 18.1 Å². The van der Waals surface area contributed by atoms with Gasteiger partial charge in [-0.25, -0.2) is 0 Å². The Morgan fingerprint density at radius 2 is 2.15 bits per heavy atom. The fraction of sp³-hybridized carbons (Fsp3) is 0.500. The van der Waals surface area contributed by atoms with Gasteiger partial charge in [0.05, 0.1) is 10.6 Å². The summed E-state index contributed by atoms with van der Waals surface area (Å²) in [5.74, 6) is 1.01. The molecule has 0 spiro atoms. The van der Waals surface area contributed by atoms with Crippen LogP contribution in [0.3, 0.4) is 0 Å². The minimum absolute atomic E-state index is 0.0198. The van der Waals surface area contributed by atoms with Crippen molar-refractivity contribution in [1.29, 1.82) is 0 Å². The standard InChI is InChI=1S/C14H17Br2NO3/c1-17(7-9-4-11(18)5-9)14(19)8-20-13-3-2-10(15)6-12(13)16/h2-3,6,9,11,18H,4-5,7-8H2,1H3. The minimum atomic E-state index is -0.182. The number of ether oxygens (including phenoxy) is 1. The molecule has 1 N–H and O–H groups in total. The van der Waals surface area contributed by atoms with Crippen LogP contribution in [0.1, 0.15) is 12.8 Å². The smallest absolute Gasteiger partial charge is 0.260 e. The maximum absolute atomic E-state index is 12.0. The van der Waals surface area contributed by atoms with Crippen molar-refractivity contribution in [2.24, 2.45) is 5.92 Å². The molecule has 1 saturated carbocycles. The molecule has 0 aromatic heterocycles. The lowest BCUT2D eigenvalue weighted by Gasteiger charge is -2.34. The molecule has 0 heterocycles. The quantitative estimate of drug-likeness (QED) is 0.817. The Labute approximate surface area is 135 Å². The van der Waals surface area contributed by atoms with Gasteiger partial charge in [0.2, 0.25) is 0 Å². The Kier molecular flexibility index (Phi) is 5.46. The van der Waals surface area contributed by atoms with E-state index < -0.39 is 0 Å². The molecule has 1 aliphatic rings. The summed E-state index contributed by atoms with van der Waals surface area (Å²) in [7, 11) is 1.77. The number of carbonyl (C=O) groups excluding carboxylic acids is 1. The summed E-state index contributed by atoms with van der Waals surface area (Å²) < 4.78 is 7.28. The van der Waals surface area contributed by atoms with Crippen LogP contribution in [0.4, 0.5) is 0 Å². The zero-order valence-electron chi connectivity index (χ0n) is 11.2. The number of benzene rings is 1. The van der Waals surface area contributed by atoms with Crippen molar-refractivity contribution >= 4 is 37.8 Å². The minimum Gasteiger partial charge on any atom is -0.483 e. The van der Waals surface area contributed by atoms with E-state index >= 15 is 0 Å². The van der Waals surface area contributed by atoms with Gasteiger partial charge in [-0.1, -0.05) is 15.9 Å². The van der Waals surface area contributed by atoms with Crippen molar-refractivity contribution < 1.29 is 14.6 Å². The zero-order chi connectivity index (χ0) is 14.7. The monoisotopic (exact) mass is 405 g/mol. The molecule has 4 nitrogen and oxygen atoms in total. The topological polar surface area (TPSA) is 49.8 Å². The molecule has 1 aromatic rings. The third-order valence-corrected chi connectivity index (χ3v) is 4.53. The van der Waals surface area contributed by atoms with Crippen LogP contribution in [0, 0.1) is 5.92 Å². The summed E-state index contributed by atoms with van der Waals surface area (Å²) >= 11 is 6.76. The maximum Gasteiger partial charge on any atom is 0.260 e. The van der Waals surface area contributed by atoms with Gasteiger partial charge in [-0.3, -0.25) is 4.79 Å². The van der Waals surface area contributed by atoms with Crippen molar-refractivity contribution in [2.45, 2.75) is 18.9 Å². The van der Waals surface area contributed by atoms with Crippen LogP contribution in [0.5, 0.6) is 5.75 Å². The van der Waals surface area contributed by atoms with Crippen LogP contribution in [0.25, 0.3) is 0 Å². The molecule has 0 saturated heterocycles. The van der Waals surface area contributed by atoms with Gasteiger partial charge in [-0.2, -0.15) is 0 Å². The predicted octanol–water partition coefficient (Wildman–Crippen LogP) is 2.82. The molecule has 0 atom stereocenters. The highest BCUT2D eigenvalue weighted by molar-refractivity contribution is 9.11. The molecule has 20 heavy (non-hydrogen) atoms. The van der Waals surface area contributed by atoms with Crippen LogP contribution >= 0.6 is 31.9 Å². The first-order valence-corrected chi connectivity index (χ1v) is 8.04. The van der Waals surface area contributed by atoms with Gasteiger partial charge in [0.25, 0.3) is 5.91 Å². The van der Waals surface area contributed by atoms with E-state index in [0.29, 0.717) is 18.2 Å². The van der Waals surface area contributed by atoms with Gasteiger partial charge in [-0.15, -0.1) is 0 Å². The summed E-state index contributed by atoms with van der Waals surface area (Å²) in [4.78, 5) is 13.6. The highest BCUT2D eigenvalue weighted by Crippen LogP contribution is 2.29.